The van der Waals surface area contributed by atoms with Gasteiger partial charge in [0.05, 0.1) is 6.61 Å². The van der Waals surface area contributed by atoms with Crippen molar-refractivity contribution in [3.8, 4) is 0 Å². The highest BCUT2D eigenvalue weighted by molar-refractivity contribution is 4.82. The molecule has 4 heteroatoms. The van der Waals surface area contributed by atoms with Crippen LogP contribution in [0.4, 0.5) is 0 Å². The first-order valence-corrected chi connectivity index (χ1v) is 5.53. The second-order valence-corrected chi connectivity index (χ2v) is 4.12. The first-order valence-electron chi connectivity index (χ1n) is 5.53. The number of rotatable bonds is 7. The van der Waals surface area contributed by atoms with Gasteiger partial charge < -0.3 is 10.4 Å². The molecule has 2 N–H and O–H groups in total. The van der Waals surface area contributed by atoms with Crippen molar-refractivity contribution in [1.29, 1.82) is 0 Å². The fraction of sp³-hybridized carbons (Fsp3) is 0.727. The van der Waals surface area contributed by atoms with Crippen LogP contribution in [0.25, 0.3) is 0 Å². The summed E-state index contributed by atoms with van der Waals surface area (Å²) in [6, 6.07) is 1.93. The molecule has 15 heavy (non-hydrogen) atoms. The minimum absolute atomic E-state index is 0.151. The molecule has 1 aromatic heterocycles. The number of aliphatic hydroxyl groups excluding tert-OH is 1. The van der Waals surface area contributed by atoms with Gasteiger partial charge in [-0.3, -0.25) is 4.68 Å². The number of aliphatic hydroxyl groups is 1. The van der Waals surface area contributed by atoms with Crippen LogP contribution in [0, 0.1) is 0 Å². The topological polar surface area (TPSA) is 50.1 Å². The van der Waals surface area contributed by atoms with Crippen molar-refractivity contribution in [2.75, 3.05) is 13.2 Å². The van der Waals surface area contributed by atoms with Crippen LogP contribution in [-0.4, -0.2) is 33.6 Å². The molecule has 0 aliphatic rings. The molecule has 1 unspecified atom stereocenters. The maximum atomic E-state index is 9.29. The first-order chi connectivity index (χ1) is 7.20. The van der Waals surface area contributed by atoms with E-state index in [-0.39, 0.29) is 12.1 Å². The van der Waals surface area contributed by atoms with Crippen LogP contribution in [-0.2, 0) is 6.54 Å². The van der Waals surface area contributed by atoms with E-state index >= 15 is 0 Å². The van der Waals surface area contributed by atoms with E-state index in [1.54, 1.807) is 6.20 Å². The number of aryl methyl sites for hydroxylation is 1. The predicted octanol–water partition coefficient (Wildman–Crippen LogP) is 1.02. The van der Waals surface area contributed by atoms with Crippen molar-refractivity contribution >= 4 is 0 Å². The van der Waals surface area contributed by atoms with Gasteiger partial charge in [-0.1, -0.05) is 6.92 Å². The molecule has 0 fully saturated rings. The van der Waals surface area contributed by atoms with Gasteiger partial charge in [-0.2, -0.15) is 5.10 Å². The normalized spacial score (nSPS) is 15.1. The molecule has 0 aliphatic heterocycles. The van der Waals surface area contributed by atoms with E-state index in [0.717, 1.165) is 25.9 Å². The van der Waals surface area contributed by atoms with Crippen molar-refractivity contribution in [2.24, 2.45) is 0 Å². The van der Waals surface area contributed by atoms with Crippen molar-refractivity contribution in [3.05, 3.63) is 18.5 Å². The highest BCUT2D eigenvalue weighted by Gasteiger charge is 2.20. The van der Waals surface area contributed by atoms with Crippen LogP contribution in [0.3, 0.4) is 0 Å². The molecule has 0 saturated heterocycles. The van der Waals surface area contributed by atoms with Crippen LogP contribution in [0.5, 0.6) is 0 Å². The standard InChI is InChI=1S/C11H21N3O/c1-3-12-11(2,10-15)6-4-8-14-9-5-7-13-14/h5,7,9,12,15H,3-4,6,8,10H2,1-2H3. The van der Waals surface area contributed by atoms with Gasteiger partial charge in [-0.15, -0.1) is 0 Å². The van der Waals surface area contributed by atoms with Crippen molar-refractivity contribution in [2.45, 2.75) is 38.8 Å². The zero-order valence-corrected chi connectivity index (χ0v) is 9.61. The number of aromatic nitrogens is 2. The van der Waals surface area contributed by atoms with Crippen molar-refractivity contribution < 1.29 is 5.11 Å². The van der Waals surface area contributed by atoms with Gasteiger partial charge in [0.2, 0.25) is 0 Å². The van der Waals surface area contributed by atoms with E-state index in [2.05, 4.69) is 24.3 Å². The number of nitrogens with zero attached hydrogens (tertiary/aromatic N) is 2. The minimum atomic E-state index is -0.151. The molecule has 1 heterocycles. The molecule has 4 nitrogen and oxygen atoms in total. The predicted molar refractivity (Wildman–Crippen MR) is 60.6 cm³/mol. The van der Waals surface area contributed by atoms with E-state index in [1.807, 2.05) is 16.9 Å². The number of hydrogen-bond donors (Lipinski definition) is 2. The number of likely N-dealkylation sites (N-methyl/N-ethyl adjacent to an activating group) is 1. The Morgan fingerprint density at radius 2 is 2.33 bits per heavy atom. The molecular formula is C11H21N3O. The molecule has 0 saturated carbocycles. The van der Waals surface area contributed by atoms with Gasteiger partial charge in [0.15, 0.2) is 0 Å². The Kier molecular flexibility index (Phi) is 4.78. The lowest BCUT2D eigenvalue weighted by Gasteiger charge is -2.28. The minimum Gasteiger partial charge on any atom is -0.394 e. The van der Waals surface area contributed by atoms with Crippen LogP contribution in [0.15, 0.2) is 18.5 Å². The molecular weight excluding hydrogens is 190 g/mol. The quantitative estimate of drug-likeness (QED) is 0.708. The van der Waals surface area contributed by atoms with E-state index in [9.17, 15) is 5.11 Å². The molecule has 1 aromatic rings. The summed E-state index contributed by atoms with van der Waals surface area (Å²) in [5.41, 5.74) is -0.151. The van der Waals surface area contributed by atoms with E-state index in [0.29, 0.717) is 0 Å². The SMILES string of the molecule is CCNC(C)(CO)CCCn1cccn1. The molecule has 0 amide bonds. The Hall–Kier alpha value is -0.870. The summed E-state index contributed by atoms with van der Waals surface area (Å²) in [7, 11) is 0. The highest BCUT2D eigenvalue weighted by atomic mass is 16.3. The molecule has 86 valence electrons. The zero-order chi connectivity index (χ0) is 11.1. The average molecular weight is 211 g/mol. The molecule has 1 atom stereocenters. The molecule has 0 aromatic carbocycles. The fourth-order valence-corrected chi connectivity index (χ4v) is 1.71. The molecule has 0 aliphatic carbocycles. The second kappa shape index (κ2) is 5.88. The monoisotopic (exact) mass is 211 g/mol. The summed E-state index contributed by atoms with van der Waals surface area (Å²) >= 11 is 0. The molecule has 0 spiro atoms. The third kappa shape index (κ3) is 4.01. The van der Waals surface area contributed by atoms with Crippen LogP contribution in [0.2, 0.25) is 0 Å². The summed E-state index contributed by atoms with van der Waals surface area (Å²) in [5.74, 6) is 0. The smallest absolute Gasteiger partial charge is 0.0610 e. The molecule has 0 radical (unpaired) electrons. The van der Waals surface area contributed by atoms with Gasteiger partial charge in [-0.25, -0.2) is 0 Å². The van der Waals surface area contributed by atoms with Gasteiger partial charge in [0.1, 0.15) is 0 Å². The molecule has 0 bridgehead atoms. The Morgan fingerprint density at radius 1 is 1.53 bits per heavy atom. The summed E-state index contributed by atoms with van der Waals surface area (Å²) in [6.45, 7) is 6.09. The van der Waals surface area contributed by atoms with E-state index in [4.69, 9.17) is 0 Å². The summed E-state index contributed by atoms with van der Waals surface area (Å²) in [5, 5.41) is 16.7. The van der Waals surface area contributed by atoms with E-state index < -0.39 is 0 Å². The zero-order valence-electron chi connectivity index (χ0n) is 9.61. The van der Waals surface area contributed by atoms with Gasteiger partial charge >= 0.3 is 0 Å². The van der Waals surface area contributed by atoms with Crippen molar-refractivity contribution in [1.82, 2.24) is 15.1 Å². The van der Waals surface area contributed by atoms with Crippen LogP contribution < -0.4 is 5.32 Å². The van der Waals surface area contributed by atoms with Crippen molar-refractivity contribution in [3.63, 3.8) is 0 Å². The Balaban J connectivity index is 2.28. The summed E-state index contributed by atoms with van der Waals surface area (Å²) < 4.78 is 1.92. The third-order valence-corrected chi connectivity index (χ3v) is 2.63. The maximum Gasteiger partial charge on any atom is 0.0610 e. The van der Waals surface area contributed by atoms with Gasteiger partial charge in [0, 0.05) is 24.5 Å². The number of hydrogen-bond acceptors (Lipinski definition) is 3. The lowest BCUT2D eigenvalue weighted by molar-refractivity contribution is 0.163. The average Bonchev–Trinajstić information content (AvgIpc) is 2.71. The van der Waals surface area contributed by atoms with Gasteiger partial charge in [-0.05, 0) is 32.4 Å². The van der Waals surface area contributed by atoms with Crippen LogP contribution >= 0.6 is 0 Å². The lowest BCUT2D eigenvalue weighted by Crippen LogP contribution is -2.45. The lowest BCUT2D eigenvalue weighted by atomic mass is 9.97. The second-order valence-electron chi connectivity index (χ2n) is 4.12. The Morgan fingerprint density at radius 3 is 2.87 bits per heavy atom. The van der Waals surface area contributed by atoms with Gasteiger partial charge in [0.25, 0.3) is 0 Å². The maximum absolute atomic E-state index is 9.29. The fourth-order valence-electron chi connectivity index (χ4n) is 1.71. The number of nitrogens with one attached hydrogen (secondary N) is 1. The van der Waals surface area contributed by atoms with Crippen LogP contribution in [0.1, 0.15) is 26.7 Å². The summed E-state index contributed by atoms with van der Waals surface area (Å²) in [4.78, 5) is 0. The highest BCUT2D eigenvalue weighted by Crippen LogP contribution is 2.11. The Labute approximate surface area is 91.3 Å². The molecule has 1 rings (SSSR count). The third-order valence-electron chi connectivity index (χ3n) is 2.63. The first kappa shape index (κ1) is 12.2. The largest absolute Gasteiger partial charge is 0.394 e. The Bertz CT molecular complexity index is 261. The summed E-state index contributed by atoms with van der Waals surface area (Å²) in [6.07, 6.45) is 5.72. The van der Waals surface area contributed by atoms with E-state index in [1.165, 1.54) is 0 Å².